The van der Waals surface area contributed by atoms with E-state index in [1.54, 1.807) is 13.0 Å². The Hall–Kier alpha value is -1.00. The summed E-state index contributed by atoms with van der Waals surface area (Å²) in [6.07, 6.45) is 0. The molecule has 0 aromatic carbocycles. The topological polar surface area (TPSA) is 56.8 Å². The molecular formula is C5H7NO3. The molecule has 0 saturated carbocycles. The van der Waals surface area contributed by atoms with E-state index in [9.17, 15) is 0 Å². The van der Waals surface area contributed by atoms with Crippen molar-refractivity contribution in [2.45, 2.75) is 6.92 Å². The first kappa shape index (κ1) is 6.12. The molecule has 1 aromatic rings. The number of anilines is 1. The molecule has 4 nitrogen and oxygen atoms in total. The molecular weight excluding hydrogens is 122 g/mol. The van der Waals surface area contributed by atoms with Gasteiger partial charge in [-0.1, -0.05) is 5.23 Å². The normalized spacial score (nSPS) is 9.67. The molecule has 0 spiro atoms. The maximum Gasteiger partial charge on any atom is 0.246 e. The number of hydrogen-bond acceptors (Lipinski definition) is 4. The van der Waals surface area contributed by atoms with Crippen molar-refractivity contribution in [3.8, 4) is 0 Å². The van der Waals surface area contributed by atoms with Crippen molar-refractivity contribution in [1.82, 2.24) is 0 Å². The molecule has 0 aliphatic carbocycles. The van der Waals surface area contributed by atoms with Gasteiger partial charge in [-0.3, -0.25) is 10.4 Å². The molecule has 1 heterocycles. The van der Waals surface area contributed by atoms with Crippen LogP contribution in [0.3, 0.4) is 0 Å². The summed E-state index contributed by atoms with van der Waals surface area (Å²) < 4.78 is 4.77. The smallest absolute Gasteiger partial charge is 0.246 e. The fraction of sp³-hybridized carbons (Fsp3) is 0.200. The van der Waals surface area contributed by atoms with Crippen LogP contribution in [0.25, 0.3) is 0 Å². The predicted octanol–water partition coefficient (Wildman–Crippen LogP) is 1.17. The number of aryl methyl sites for hydroxylation is 1. The molecule has 0 saturated heterocycles. The summed E-state index contributed by atoms with van der Waals surface area (Å²) in [6.45, 7) is 1.72. The first-order valence-corrected chi connectivity index (χ1v) is 2.44. The van der Waals surface area contributed by atoms with Gasteiger partial charge in [-0.25, -0.2) is 0 Å². The van der Waals surface area contributed by atoms with Crippen molar-refractivity contribution in [2.75, 3.05) is 5.23 Å². The van der Waals surface area contributed by atoms with Crippen LogP contribution in [0.15, 0.2) is 16.5 Å². The predicted molar refractivity (Wildman–Crippen MR) is 29.5 cm³/mol. The Bertz CT molecular complexity index is 194. The van der Waals surface area contributed by atoms with Gasteiger partial charge in [-0.15, -0.1) is 0 Å². The van der Waals surface area contributed by atoms with E-state index in [0.29, 0.717) is 5.76 Å². The second kappa shape index (κ2) is 2.08. The van der Waals surface area contributed by atoms with E-state index in [1.165, 1.54) is 6.07 Å². The fourth-order valence-corrected chi connectivity index (χ4v) is 0.529. The lowest BCUT2D eigenvalue weighted by Gasteiger charge is -2.00. The molecule has 2 N–H and O–H groups in total. The molecule has 1 aromatic heterocycles. The lowest BCUT2D eigenvalue weighted by Crippen LogP contribution is -2.09. The van der Waals surface area contributed by atoms with Gasteiger partial charge in [0.1, 0.15) is 5.76 Å². The average Bonchev–Trinajstić information content (AvgIpc) is 2.14. The van der Waals surface area contributed by atoms with E-state index in [4.69, 9.17) is 14.8 Å². The first-order valence-electron chi connectivity index (χ1n) is 2.44. The Morgan fingerprint density at radius 1 is 1.44 bits per heavy atom. The molecule has 0 unspecified atom stereocenters. The standard InChI is InChI=1S/C5H7NO3/c1-4-2-3-5(9-4)6(7)8/h2-3,7-8H,1H3. The summed E-state index contributed by atoms with van der Waals surface area (Å²) >= 11 is 0. The zero-order valence-electron chi connectivity index (χ0n) is 4.90. The third-order valence-electron chi connectivity index (χ3n) is 0.923. The van der Waals surface area contributed by atoms with Crippen LogP contribution in [0.2, 0.25) is 0 Å². The minimum atomic E-state index is -0.0625. The Balaban J connectivity index is 2.85. The van der Waals surface area contributed by atoms with Crippen molar-refractivity contribution in [1.29, 1.82) is 0 Å². The summed E-state index contributed by atoms with van der Waals surface area (Å²) in [5.41, 5.74) is 0. The molecule has 0 atom stereocenters. The minimum absolute atomic E-state index is 0.0208. The van der Waals surface area contributed by atoms with Crippen molar-refractivity contribution in [2.24, 2.45) is 0 Å². The molecule has 1 rings (SSSR count). The van der Waals surface area contributed by atoms with E-state index in [1.807, 2.05) is 0 Å². The van der Waals surface area contributed by atoms with E-state index in [0.717, 1.165) is 0 Å². The van der Waals surface area contributed by atoms with Gasteiger partial charge in [-0.05, 0) is 13.0 Å². The largest absolute Gasteiger partial charge is 0.442 e. The van der Waals surface area contributed by atoms with Crippen LogP contribution in [-0.4, -0.2) is 10.4 Å². The van der Waals surface area contributed by atoms with Crippen molar-refractivity contribution >= 4 is 5.88 Å². The van der Waals surface area contributed by atoms with Gasteiger partial charge < -0.3 is 4.42 Å². The third-order valence-corrected chi connectivity index (χ3v) is 0.923. The minimum Gasteiger partial charge on any atom is -0.442 e. The van der Waals surface area contributed by atoms with Gasteiger partial charge in [0.25, 0.3) is 0 Å². The van der Waals surface area contributed by atoms with Gasteiger partial charge >= 0.3 is 0 Å². The van der Waals surface area contributed by atoms with Crippen LogP contribution in [0.1, 0.15) is 5.76 Å². The van der Waals surface area contributed by atoms with Crippen LogP contribution in [0.4, 0.5) is 5.88 Å². The quantitative estimate of drug-likeness (QED) is 0.559. The van der Waals surface area contributed by atoms with Gasteiger partial charge in [0.15, 0.2) is 0 Å². The number of nitrogens with zero attached hydrogens (tertiary/aromatic N) is 1. The molecule has 0 aliphatic heterocycles. The van der Waals surface area contributed by atoms with Crippen LogP contribution in [0.5, 0.6) is 0 Å². The highest BCUT2D eigenvalue weighted by atomic mass is 16.8. The monoisotopic (exact) mass is 129 g/mol. The Labute approximate surface area is 51.8 Å². The summed E-state index contributed by atoms with van der Waals surface area (Å²) in [5, 5.41) is 16.6. The van der Waals surface area contributed by atoms with Crippen LogP contribution >= 0.6 is 0 Å². The summed E-state index contributed by atoms with van der Waals surface area (Å²) in [7, 11) is 0. The second-order valence-electron chi connectivity index (χ2n) is 1.67. The van der Waals surface area contributed by atoms with Crippen LogP contribution < -0.4 is 5.23 Å². The second-order valence-corrected chi connectivity index (χ2v) is 1.67. The highest BCUT2D eigenvalue weighted by molar-refractivity contribution is 5.28. The van der Waals surface area contributed by atoms with Gasteiger partial charge in [-0.2, -0.15) is 0 Å². The first-order chi connectivity index (χ1) is 4.20. The van der Waals surface area contributed by atoms with Crippen LogP contribution in [-0.2, 0) is 0 Å². The molecule has 4 heteroatoms. The summed E-state index contributed by atoms with van der Waals surface area (Å²) in [5.74, 6) is 0.658. The molecule has 0 fully saturated rings. The van der Waals surface area contributed by atoms with Gasteiger partial charge in [0.2, 0.25) is 5.88 Å². The number of hydrogen-bond donors (Lipinski definition) is 2. The highest BCUT2D eigenvalue weighted by Crippen LogP contribution is 2.13. The average molecular weight is 129 g/mol. The highest BCUT2D eigenvalue weighted by Gasteiger charge is 2.01. The van der Waals surface area contributed by atoms with Crippen molar-refractivity contribution < 1.29 is 14.8 Å². The maximum atomic E-state index is 8.33. The number of furan rings is 1. The van der Waals surface area contributed by atoms with Crippen LogP contribution in [0, 0.1) is 6.92 Å². The van der Waals surface area contributed by atoms with E-state index in [-0.39, 0.29) is 11.1 Å². The molecule has 0 amide bonds. The molecule has 50 valence electrons. The lowest BCUT2D eigenvalue weighted by molar-refractivity contribution is 0.0171. The maximum absolute atomic E-state index is 8.33. The number of rotatable bonds is 1. The van der Waals surface area contributed by atoms with Gasteiger partial charge in [0.05, 0.1) is 0 Å². The van der Waals surface area contributed by atoms with Crippen molar-refractivity contribution in [3.05, 3.63) is 17.9 Å². The zero-order valence-corrected chi connectivity index (χ0v) is 4.90. The molecule has 9 heavy (non-hydrogen) atoms. The van der Waals surface area contributed by atoms with E-state index in [2.05, 4.69) is 0 Å². The van der Waals surface area contributed by atoms with E-state index < -0.39 is 0 Å². The zero-order chi connectivity index (χ0) is 6.85. The Kier molecular flexibility index (Phi) is 1.42. The molecule has 0 aliphatic rings. The van der Waals surface area contributed by atoms with Crippen molar-refractivity contribution in [3.63, 3.8) is 0 Å². The fourth-order valence-electron chi connectivity index (χ4n) is 0.529. The summed E-state index contributed by atoms with van der Waals surface area (Å²) in [6, 6.07) is 3.09. The SMILES string of the molecule is Cc1ccc(N(O)O)o1. The van der Waals surface area contributed by atoms with Gasteiger partial charge in [0, 0.05) is 6.07 Å². The third kappa shape index (κ3) is 1.22. The Morgan fingerprint density at radius 2 is 2.11 bits per heavy atom. The molecule has 0 radical (unpaired) electrons. The van der Waals surface area contributed by atoms with E-state index >= 15 is 0 Å². The summed E-state index contributed by atoms with van der Waals surface area (Å²) in [4.78, 5) is 0. The lowest BCUT2D eigenvalue weighted by atomic mass is 10.5. The Morgan fingerprint density at radius 3 is 2.33 bits per heavy atom. The molecule has 0 bridgehead atoms.